The SMILES string of the molecule is c1cnc(N2CCN(Cc3ccc(CN4CCCNCCNCCCNCC4)cc3)CC2)nc1. The predicted octanol–water partition coefficient (Wildman–Crippen LogP) is 1.16. The van der Waals surface area contributed by atoms with E-state index < -0.39 is 0 Å². The summed E-state index contributed by atoms with van der Waals surface area (Å²) in [5, 5.41) is 10.7. The molecule has 2 aliphatic rings. The van der Waals surface area contributed by atoms with E-state index in [1.54, 1.807) is 0 Å². The van der Waals surface area contributed by atoms with Crippen molar-refractivity contribution in [3.8, 4) is 0 Å². The van der Waals surface area contributed by atoms with Gasteiger partial charge in [-0.3, -0.25) is 9.80 Å². The molecule has 8 heteroatoms. The third-order valence-electron chi connectivity index (χ3n) is 6.66. The monoisotopic (exact) mass is 466 g/mol. The predicted molar refractivity (Wildman–Crippen MR) is 139 cm³/mol. The van der Waals surface area contributed by atoms with Crippen LogP contribution in [0.5, 0.6) is 0 Å². The second-order valence-corrected chi connectivity index (χ2v) is 9.36. The van der Waals surface area contributed by atoms with Crippen LogP contribution in [0.4, 0.5) is 5.95 Å². The highest BCUT2D eigenvalue weighted by Gasteiger charge is 2.18. The lowest BCUT2D eigenvalue weighted by atomic mass is 10.1. The number of aromatic nitrogens is 2. The van der Waals surface area contributed by atoms with E-state index in [9.17, 15) is 0 Å². The Labute approximate surface area is 205 Å². The Morgan fingerprint density at radius 1 is 0.588 bits per heavy atom. The van der Waals surface area contributed by atoms with E-state index in [4.69, 9.17) is 0 Å². The molecule has 1 aromatic carbocycles. The van der Waals surface area contributed by atoms with Gasteiger partial charge in [0.1, 0.15) is 0 Å². The fraction of sp³-hybridized carbons (Fsp3) is 0.615. The topological polar surface area (TPSA) is 71.6 Å². The van der Waals surface area contributed by atoms with E-state index in [0.717, 1.165) is 97.6 Å². The van der Waals surface area contributed by atoms with Gasteiger partial charge in [-0.1, -0.05) is 24.3 Å². The summed E-state index contributed by atoms with van der Waals surface area (Å²) in [6.07, 6.45) is 6.03. The minimum absolute atomic E-state index is 0.849. The number of hydrogen-bond donors (Lipinski definition) is 3. The first-order valence-electron chi connectivity index (χ1n) is 13.0. The molecular formula is C26H42N8. The summed E-state index contributed by atoms with van der Waals surface area (Å²) in [5.41, 5.74) is 2.81. The van der Waals surface area contributed by atoms with E-state index in [1.807, 2.05) is 18.5 Å². The smallest absolute Gasteiger partial charge is 0.225 e. The summed E-state index contributed by atoms with van der Waals surface area (Å²) in [5.74, 6) is 0.849. The van der Waals surface area contributed by atoms with Gasteiger partial charge in [0, 0.05) is 77.8 Å². The third kappa shape index (κ3) is 8.60. The fourth-order valence-electron chi connectivity index (χ4n) is 4.65. The number of rotatable bonds is 5. The van der Waals surface area contributed by atoms with Crippen molar-refractivity contribution < 1.29 is 0 Å². The highest BCUT2D eigenvalue weighted by atomic mass is 15.3. The average molecular weight is 467 g/mol. The molecule has 4 rings (SSSR count). The maximum Gasteiger partial charge on any atom is 0.225 e. The Kier molecular flexibility index (Phi) is 10.5. The van der Waals surface area contributed by atoms with Crippen LogP contribution in [-0.2, 0) is 13.1 Å². The van der Waals surface area contributed by atoms with Gasteiger partial charge in [0.05, 0.1) is 0 Å². The Bertz CT molecular complexity index is 778. The number of benzene rings is 1. The van der Waals surface area contributed by atoms with Gasteiger partial charge in [-0.2, -0.15) is 0 Å². The lowest BCUT2D eigenvalue weighted by Crippen LogP contribution is -2.46. The van der Waals surface area contributed by atoms with Crippen molar-refractivity contribution in [3.05, 3.63) is 53.9 Å². The molecule has 0 unspecified atom stereocenters. The molecule has 0 saturated carbocycles. The van der Waals surface area contributed by atoms with Crippen molar-refractivity contribution in [3.63, 3.8) is 0 Å². The van der Waals surface area contributed by atoms with Crippen molar-refractivity contribution in [2.75, 3.05) is 83.4 Å². The van der Waals surface area contributed by atoms with Crippen molar-refractivity contribution in [2.24, 2.45) is 0 Å². The zero-order valence-corrected chi connectivity index (χ0v) is 20.6. The molecule has 2 aromatic rings. The summed E-state index contributed by atoms with van der Waals surface area (Å²) < 4.78 is 0. The summed E-state index contributed by atoms with van der Waals surface area (Å²) in [4.78, 5) is 16.2. The zero-order valence-electron chi connectivity index (χ0n) is 20.6. The molecule has 186 valence electrons. The molecule has 0 radical (unpaired) electrons. The van der Waals surface area contributed by atoms with Crippen molar-refractivity contribution in [1.82, 2.24) is 35.7 Å². The van der Waals surface area contributed by atoms with Gasteiger partial charge in [0.15, 0.2) is 0 Å². The molecule has 8 nitrogen and oxygen atoms in total. The van der Waals surface area contributed by atoms with E-state index in [2.05, 4.69) is 64.9 Å². The quantitative estimate of drug-likeness (QED) is 0.607. The number of anilines is 1. The largest absolute Gasteiger partial charge is 0.338 e. The summed E-state index contributed by atoms with van der Waals surface area (Å²) in [6.45, 7) is 14.8. The van der Waals surface area contributed by atoms with Crippen LogP contribution in [0.1, 0.15) is 24.0 Å². The van der Waals surface area contributed by atoms with Crippen molar-refractivity contribution in [1.29, 1.82) is 0 Å². The third-order valence-corrected chi connectivity index (χ3v) is 6.66. The molecule has 0 spiro atoms. The van der Waals surface area contributed by atoms with Gasteiger partial charge in [-0.25, -0.2) is 9.97 Å². The van der Waals surface area contributed by atoms with Crippen LogP contribution >= 0.6 is 0 Å². The Balaban J connectivity index is 1.22. The maximum absolute atomic E-state index is 4.39. The Hall–Kier alpha value is -2.10. The summed E-state index contributed by atoms with van der Waals surface area (Å²) in [7, 11) is 0. The molecular weight excluding hydrogens is 424 g/mol. The van der Waals surface area contributed by atoms with Crippen LogP contribution in [-0.4, -0.2) is 98.3 Å². The van der Waals surface area contributed by atoms with Crippen molar-refractivity contribution >= 4 is 5.95 Å². The normalized spacial score (nSPS) is 20.6. The zero-order chi connectivity index (χ0) is 23.3. The molecule has 1 aromatic heterocycles. The van der Waals surface area contributed by atoms with Crippen LogP contribution in [0.3, 0.4) is 0 Å². The average Bonchev–Trinajstić information content (AvgIpc) is 2.88. The highest BCUT2D eigenvalue weighted by molar-refractivity contribution is 5.29. The molecule has 0 amide bonds. The van der Waals surface area contributed by atoms with Gasteiger partial charge in [-0.05, 0) is 56.2 Å². The number of hydrogen-bond acceptors (Lipinski definition) is 8. The lowest BCUT2D eigenvalue weighted by molar-refractivity contribution is 0.248. The highest BCUT2D eigenvalue weighted by Crippen LogP contribution is 2.14. The molecule has 3 N–H and O–H groups in total. The van der Waals surface area contributed by atoms with Crippen LogP contribution in [0, 0.1) is 0 Å². The molecule has 2 fully saturated rings. The standard InChI is InChI=1S/C26H42N8/c1-8-27-13-14-28-10-3-16-32(17-15-29-9-1)22-24-4-6-25(7-5-24)23-33-18-20-34(21-19-33)26-30-11-2-12-31-26/h2,4-7,11-12,27-29H,1,3,8-10,13-23H2. The molecule has 34 heavy (non-hydrogen) atoms. The van der Waals surface area contributed by atoms with Gasteiger partial charge < -0.3 is 20.9 Å². The van der Waals surface area contributed by atoms with Crippen LogP contribution in [0.2, 0.25) is 0 Å². The molecule has 0 atom stereocenters. The van der Waals surface area contributed by atoms with Crippen LogP contribution < -0.4 is 20.9 Å². The van der Waals surface area contributed by atoms with Gasteiger partial charge in [0.2, 0.25) is 5.95 Å². The molecule has 2 aliphatic heterocycles. The minimum Gasteiger partial charge on any atom is -0.338 e. The van der Waals surface area contributed by atoms with Gasteiger partial charge in [-0.15, -0.1) is 0 Å². The second-order valence-electron chi connectivity index (χ2n) is 9.36. The number of nitrogens with one attached hydrogen (secondary N) is 3. The first kappa shape index (κ1) is 25.0. The van der Waals surface area contributed by atoms with E-state index in [1.165, 1.54) is 24.0 Å². The summed E-state index contributed by atoms with van der Waals surface area (Å²) in [6, 6.07) is 11.2. The van der Waals surface area contributed by atoms with E-state index in [-0.39, 0.29) is 0 Å². The minimum atomic E-state index is 0.849. The second kappa shape index (κ2) is 14.3. The summed E-state index contributed by atoms with van der Waals surface area (Å²) >= 11 is 0. The molecule has 2 saturated heterocycles. The maximum atomic E-state index is 4.39. The Morgan fingerprint density at radius 3 is 1.79 bits per heavy atom. The van der Waals surface area contributed by atoms with Gasteiger partial charge >= 0.3 is 0 Å². The fourth-order valence-corrected chi connectivity index (χ4v) is 4.65. The van der Waals surface area contributed by atoms with E-state index >= 15 is 0 Å². The number of piperazine rings is 1. The first-order valence-corrected chi connectivity index (χ1v) is 13.0. The molecule has 0 bridgehead atoms. The van der Waals surface area contributed by atoms with Crippen LogP contribution in [0.25, 0.3) is 0 Å². The van der Waals surface area contributed by atoms with Gasteiger partial charge in [0.25, 0.3) is 0 Å². The first-order chi connectivity index (χ1) is 16.9. The van der Waals surface area contributed by atoms with Crippen LogP contribution in [0.15, 0.2) is 42.7 Å². The number of nitrogens with zero attached hydrogens (tertiary/aromatic N) is 5. The Morgan fingerprint density at radius 2 is 1.15 bits per heavy atom. The van der Waals surface area contributed by atoms with E-state index in [0.29, 0.717) is 0 Å². The van der Waals surface area contributed by atoms with Crippen molar-refractivity contribution in [2.45, 2.75) is 25.9 Å². The molecule has 3 heterocycles. The molecule has 0 aliphatic carbocycles. The lowest BCUT2D eigenvalue weighted by Gasteiger charge is -2.34.